The van der Waals surface area contributed by atoms with Gasteiger partial charge < -0.3 is 4.70 Å². The van der Waals surface area contributed by atoms with E-state index in [0.29, 0.717) is 0 Å². The van der Waals surface area contributed by atoms with Gasteiger partial charge in [-0.25, -0.2) is 0 Å². The average Bonchev–Trinajstić information content (AvgIpc) is 2.25. The first-order valence-electron chi connectivity index (χ1n) is 4.40. The minimum atomic E-state index is -0.114. The molecule has 0 unspecified atom stereocenters. The van der Waals surface area contributed by atoms with Crippen molar-refractivity contribution < 1.29 is 25.9 Å². The topological polar surface area (TPSA) is 0 Å². The molecule has 0 heterocycles. The van der Waals surface area contributed by atoms with Crippen LogP contribution in [0.4, 0.5) is 0 Å². The SMILES string of the molecule is Clc1ccc([I+]c2ccc(Cl)cc2)cc1.[F-]. The fraction of sp³-hybridized carbons (Fsp3) is 0. The molecule has 0 nitrogen and oxygen atoms in total. The van der Waals surface area contributed by atoms with Gasteiger partial charge in [0.25, 0.3) is 0 Å². The molecule has 0 bridgehead atoms. The predicted octanol–water partition coefficient (Wildman–Crippen LogP) is -1.87. The van der Waals surface area contributed by atoms with E-state index >= 15 is 0 Å². The molecule has 2 aromatic carbocycles. The highest BCUT2D eigenvalue weighted by atomic mass is 127. The Labute approximate surface area is 114 Å². The van der Waals surface area contributed by atoms with Crippen LogP contribution in [0.1, 0.15) is 0 Å². The lowest BCUT2D eigenvalue weighted by Gasteiger charge is -1.89. The Kier molecular flexibility index (Phi) is 5.52. The van der Waals surface area contributed by atoms with Crippen molar-refractivity contribution >= 4 is 23.2 Å². The highest BCUT2D eigenvalue weighted by Crippen LogP contribution is 2.05. The first-order valence-corrected chi connectivity index (χ1v) is 7.31. The Balaban J connectivity index is 0.00000128. The van der Waals surface area contributed by atoms with Crippen LogP contribution < -0.4 is 25.9 Å². The lowest BCUT2D eigenvalue weighted by Crippen LogP contribution is -3.61. The summed E-state index contributed by atoms with van der Waals surface area (Å²) in [7, 11) is 0. The van der Waals surface area contributed by atoms with Gasteiger partial charge in [-0.2, -0.15) is 0 Å². The van der Waals surface area contributed by atoms with Gasteiger partial charge in [-0.05, 0) is 48.5 Å². The monoisotopic (exact) mass is 368 g/mol. The molecule has 0 aliphatic rings. The van der Waals surface area contributed by atoms with Crippen molar-refractivity contribution in [2.45, 2.75) is 0 Å². The standard InChI is InChI=1S/C12H8Cl2I.FH/c13-9-1-5-11(6-2-9)15-12-7-3-10(14)4-8-12;/h1-8H;1H/q+1;/p-1. The lowest BCUT2D eigenvalue weighted by atomic mass is 10.4. The van der Waals surface area contributed by atoms with E-state index in [-0.39, 0.29) is 25.9 Å². The molecule has 16 heavy (non-hydrogen) atoms. The van der Waals surface area contributed by atoms with Crippen molar-refractivity contribution in [2.75, 3.05) is 0 Å². The van der Waals surface area contributed by atoms with Crippen LogP contribution >= 0.6 is 23.2 Å². The van der Waals surface area contributed by atoms with Crippen molar-refractivity contribution in [3.8, 4) is 0 Å². The van der Waals surface area contributed by atoms with Crippen molar-refractivity contribution in [2.24, 2.45) is 0 Å². The van der Waals surface area contributed by atoms with Crippen LogP contribution in [0.25, 0.3) is 0 Å². The van der Waals surface area contributed by atoms with Crippen LogP contribution in [0.3, 0.4) is 0 Å². The Bertz CT molecular complexity index is 396. The maximum absolute atomic E-state index is 5.83. The highest BCUT2D eigenvalue weighted by Gasteiger charge is 2.14. The normalized spacial score (nSPS) is 9.62. The molecule has 0 fully saturated rings. The third kappa shape index (κ3) is 3.92. The van der Waals surface area contributed by atoms with E-state index in [0.717, 1.165) is 10.0 Å². The van der Waals surface area contributed by atoms with Gasteiger partial charge in [0.1, 0.15) is 0 Å². The number of hydrogen-bond donors (Lipinski definition) is 0. The Hall–Kier alpha value is -0.320. The molecule has 0 saturated carbocycles. The molecule has 0 aliphatic carbocycles. The van der Waals surface area contributed by atoms with Gasteiger partial charge in [-0.1, -0.05) is 23.2 Å². The average molecular weight is 369 g/mol. The van der Waals surface area contributed by atoms with E-state index in [4.69, 9.17) is 23.2 Å². The summed E-state index contributed by atoms with van der Waals surface area (Å²) in [5.74, 6) is 0. The molecular formula is C12H8Cl2FI. The third-order valence-electron chi connectivity index (χ3n) is 1.83. The molecule has 0 aliphatic heterocycles. The Morgan fingerprint density at radius 3 is 1.25 bits per heavy atom. The number of halogens is 4. The summed E-state index contributed by atoms with van der Waals surface area (Å²) in [6.45, 7) is 0. The minimum Gasteiger partial charge on any atom is -1.00 e. The lowest BCUT2D eigenvalue weighted by molar-refractivity contribution is -0.597. The number of rotatable bonds is 2. The second-order valence-corrected chi connectivity index (χ2v) is 6.87. The summed E-state index contributed by atoms with van der Waals surface area (Å²) in [5, 5.41) is 1.58. The van der Waals surface area contributed by atoms with E-state index in [1.165, 1.54) is 7.14 Å². The minimum absolute atomic E-state index is 0. The quantitative estimate of drug-likeness (QED) is 0.545. The van der Waals surface area contributed by atoms with E-state index < -0.39 is 0 Å². The van der Waals surface area contributed by atoms with E-state index in [2.05, 4.69) is 24.3 Å². The van der Waals surface area contributed by atoms with E-state index in [9.17, 15) is 0 Å². The van der Waals surface area contributed by atoms with Crippen LogP contribution in [-0.4, -0.2) is 0 Å². The summed E-state index contributed by atoms with van der Waals surface area (Å²) >= 11 is 11.5. The van der Waals surface area contributed by atoms with Gasteiger partial charge in [-0.15, -0.1) is 0 Å². The van der Waals surface area contributed by atoms with Gasteiger partial charge in [0, 0.05) is 10.0 Å². The zero-order chi connectivity index (χ0) is 10.7. The number of benzene rings is 2. The predicted molar refractivity (Wildman–Crippen MR) is 60.3 cm³/mol. The first-order chi connectivity index (χ1) is 7.24. The molecule has 2 aromatic rings. The third-order valence-corrected chi connectivity index (χ3v) is 5.01. The Morgan fingerprint density at radius 1 is 0.625 bits per heavy atom. The van der Waals surface area contributed by atoms with Crippen LogP contribution in [0.2, 0.25) is 10.0 Å². The number of hydrogen-bond acceptors (Lipinski definition) is 0. The molecule has 84 valence electrons. The summed E-state index contributed by atoms with van der Waals surface area (Å²) in [6, 6.07) is 16.1. The summed E-state index contributed by atoms with van der Waals surface area (Å²) in [6.07, 6.45) is 0. The largest absolute Gasteiger partial charge is 1.00 e. The highest BCUT2D eigenvalue weighted by molar-refractivity contribution is 6.30. The molecule has 0 amide bonds. The summed E-state index contributed by atoms with van der Waals surface area (Å²) in [5.41, 5.74) is 0. The van der Waals surface area contributed by atoms with Crippen LogP contribution in [0.5, 0.6) is 0 Å². The maximum atomic E-state index is 5.83. The van der Waals surface area contributed by atoms with Gasteiger partial charge in [0.15, 0.2) is 7.14 Å². The van der Waals surface area contributed by atoms with E-state index in [1.54, 1.807) is 0 Å². The van der Waals surface area contributed by atoms with E-state index in [1.807, 2.05) is 24.3 Å². The fourth-order valence-corrected chi connectivity index (χ4v) is 3.52. The van der Waals surface area contributed by atoms with Crippen molar-refractivity contribution in [1.29, 1.82) is 0 Å². The van der Waals surface area contributed by atoms with Gasteiger partial charge >= 0.3 is 21.2 Å². The zero-order valence-corrected chi connectivity index (χ0v) is 11.8. The van der Waals surface area contributed by atoms with Gasteiger partial charge in [-0.3, -0.25) is 0 Å². The molecular weight excluding hydrogens is 361 g/mol. The fourth-order valence-electron chi connectivity index (χ4n) is 1.11. The first kappa shape index (κ1) is 13.7. The Morgan fingerprint density at radius 2 is 0.938 bits per heavy atom. The second kappa shape index (κ2) is 6.42. The zero-order valence-electron chi connectivity index (χ0n) is 8.13. The smallest absolute Gasteiger partial charge is 0.357 e. The molecule has 4 heteroatoms. The van der Waals surface area contributed by atoms with Gasteiger partial charge in [0.05, 0.1) is 0 Å². The van der Waals surface area contributed by atoms with Crippen LogP contribution in [0, 0.1) is 7.14 Å². The molecule has 0 spiro atoms. The molecule has 0 aromatic heterocycles. The van der Waals surface area contributed by atoms with Gasteiger partial charge in [0.2, 0.25) is 0 Å². The van der Waals surface area contributed by atoms with Crippen molar-refractivity contribution in [3.05, 3.63) is 65.7 Å². The van der Waals surface area contributed by atoms with Crippen molar-refractivity contribution in [3.63, 3.8) is 0 Å². The van der Waals surface area contributed by atoms with Crippen molar-refractivity contribution in [1.82, 2.24) is 0 Å². The maximum Gasteiger partial charge on any atom is 0.357 e. The molecule has 2 rings (SSSR count). The summed E-state index contributed by atoms with van der Waals surface area (Å²) in [4.78, 5) is 0. The molecule has 0 radical (unpaired) electrons. The summed E-state index contributed by atoms with van der Waals surface area (Å²) < 4.78 is 2.72. The molecule has 0 atom stereocenters. The molecule has 0 saturated heterocycles. The van der Waals surface area contributed by atoms with Crippen LogP contribution in [-0.2, 0) is 0 Å². The molecule has 0 N–H and O–H groups in total. The van der Waals surface area contributed by atoms with Crippen LogP contribution in [0.15, 0.2) is 48.5 Å². The second-order valence-electron chi connectivity index (χ2n) is 2.97.